The van der Waals surface area contributed by atoms with Gasteiger partial charge in [0.1, 0.15) is 6.29 Å². The van der Waals surface area contributed by atoms with E-state index in [9.17, 15) is 4.79 Å². The molecule has 0 aliphatic heterocycles. The lowest BCUT2D eigenvalue weighted by Crippen LogP contribution is -1.98. The van der Waals surface area contributed by atoms with Crippen molar-refractivity contribution in [3.05, 3.63) is 33.8 Å². The van der Waals surface area contributed by atoms with Crippen LogP contribution in [0.3, 0.4) is 0 Å². The highest BCUT2D eigenvalue weighted by atomic mass is 79.9. The van der Waals surface area contributed by atoms with Gasteiger partial charge in [0.2, 0.25) is 0 Å². The third-order valence-corrected chi connectivity index (χ3v) is 2.43. The van der Waals surface area contributed by atoms with Crippen LogP contribution in [0.25, 0.3) is 0 Å². The molecule has 0 heterocycles. The van der Waals surface area contributed by atoms with Crippen LogP contribution in [0.2, 0.25) is 0 Å². The van der Waals surface area contributed by atoms with E-state index in [1.54, 1.807) is 0 Å². The summed E-state index contributed by atoms with van der Waals surface area (Å²) in [6.07, 6.45) is 1.36. The Kier molecular flexibility index (Phi) is 4.84. The van der Waals surface area contributed by atoms with Crippen molar-refractivity contribution in [3.63, 3.8) is 0 Å². The summed E-state index contributed by atoms with van der Waals surface area (Å²) in [5, 5.41) is 0. The molecule has 0 saturated heterocycles. The Bertz CT molecular complexity index is 310. The van der Waals surface area contributed by atoms with Gasteiger partial charge in [0.25, 0.3) is 0 Å². The molecule has 14 heavy (non-hydrogen) atoms. The average molecular weight is 257 g/mol. The second kappa shape index (κ2) is 5.94. The normalized spacial score (nSPS) is 10.1. The third-order valence-electron chi connectivity index (χ3n) is 1.93. The molecule has 0 fully saturated rings. The lowest BCUT2D eigenvalue weighted by atomic mass is 10.1. The Morgan fingerprint density at radius 3 is 2.86 bits per heavy atom. The van der Waals surface area contributed by atoms with Crippen molar-refractivity contribution in [1.82, 2.24) is 0 Å². The molecule has 0 unspecified atom stereocenters. The molecule has 1 aromatic rings. The summed E-state index contributed by atoms with van der Waals surface area (Å²) < 4.78 is 6.31. The van der Waals surface area contributed by atoms with Crippen LogP contribution in [0.5, 0.6) is 0 Å². The number of hydrogen-bond donors (Lipinski definition) is 0. The Morgan fingerprint density at radius 2 is 2.21 bits per heavy atom. The fourth-order valence-corrected chi connectivity index (χ4v) is 1.64. The third kappa shape index (κ3) is 3.24. The average Bonchev–Trinajstić information content (AvgIpc) is 2.17. The van der Waals surface area contributed by atoms with E-state index in [4.69, 9.17) is 4.74 Å². The van der Waals surface area contributed by atoms with Crippen LogP contribution in [0.15, 0.2) is 22.7 Å². The Balaban J connectivity index is 2.83. The summed E-state index contributed by atoms with van der Waals surface area (Å²) in [7, 11) is 0. The topological polar surface area (TPSA) is 26.3 Å². The van der Waals surface area contributed by atoms with Crippen LogP contribution < -0.4 is 0 Å². The van der Waals surface area contributed by atoms with Crippen LogP contribution in [0.4, 0.5) is 0 Å². The summed E-state index contributed by atoms with van der Waals surface area (Å²) in [5.41, 5.74) is 2.12. The van der Waals surface area contributed by atoms with Crippen LogP contribution in [0, 0.1) is 0 Å². The molecule has 0 atom stereocenters. The van der Waals surface area contributed by atoms with Crippen molar-refractivity contribution in [2.24, 2.45) is 0 Å². The van der Waals surface area contributed by atoms with Crippen molar-refractivity contribution in [2.45, 2.75) is 20.0 Å². The van der Waals surface area contributed by atoms with Gasteiger partial charge in [0.15, 0.2) is 0 Å². The molecule has 76 valence electrons. The summed E-state index contributed by atoms with van der Waals surface area (Å²) in [6, 6.07) is 5.91. The molecule has 2 nitrogen and oxygen atoms in total. The van der Waals surface area contributed by atoms with Gasteiger partial charge in [0.05, 0.1) is 6.61 Å². The molecule has 1 aromatic carbocycles. The Labute approximate surface area is 92.4 Å². The summed E-state index contributed by atoms with van der Waals surface area (Å²) in [4.78, 5) is 10.5. The van der Waals surface area contributed by atoms with Crippen molar-refractivity contribution in [2.75, 3.05) is 6.61 Å². The van der Waals surface area contributed by atoms with E-state index in [-0.39, 0.29) is 0 Å². The number of hydrogen-bond acceptors (Lipinski definition) is 2. The van der Waals surface area contributed by atoms with E-state index < -0.39 is 0 Å². The zero-order chi connectivity index (χ0) is 10.4. The SMILES string of the molecule is CCOCc1ccc(Br)cc1CC=O. The predicted molar refractivity (Wildman–Crippen MR) is 59.2 cm³/mol. The van der Waals surface area contributed by atoms with Crippen LogP contribution in [0.1, 0.15) is 18.1 Å². The molecule has 0 N–H and O–H groups in total. The van der Waals surface area contributed by atoms with Crippen molar-refractivity contribution >= 4 is 22.2 Å². The molecule has 0 aromatic heterocycles. The van der Waals surface area contributed by atoms with E-state index in [1.165, 1.54) is 0 Å². The van der Waals surface area contributed by atoms with E-state index in [2.05, 4.69) is 15.9 Å². The van der Waals surface area contributed by atoms with Gasteiger partial charge in [-0.25, -0.2) is 0 Å². The first kappa shape index (κ1) is 11.4. The number of carbonyl (C=O) groups excluding carboxylic acids is 1. The van der Waals surface area contributed by atoms with E-state index in [0.717, 1.165) is 21.9 Å². The van der Waals surface area contributed by atoms with Gasteiger partial charge in [-0.2, -0.15) is 0 Å². The molecule has 0 aliphatic carbocycles. The predicted octanol–water partition coefficient (Wildman–Crippen LogP) is 2.73. The minimum absolute atomic E-state index is 0.446. The van der Waals surface area contributed by atoms with Gasteiger partial charge < -0.3 is 9.53 Å². The van der Waals surface area contributed by atoms with Crippen molar-refractivity contribution in [1.29, 1.82) is 0 Å². The minimum atomic E-state index is 0.446. The van der Waals surface area contributed by atoms with E-state index >= 15 is 0 Å². The first-order chi connectivity index (χ1) is 6.77. The van der Waals surface area contributed by atoms with Crippen LogP contribution >= 0.6 is 15.9 Å². The van der Waals surface area contributed by atoms with Gasteiger partial charge in [-0.1, -0.05) is 22.0 Å². The number of aldehydes is 1. The van der Waals surface area contributed by atoms with E-state index in [0.29, 0.717) is 19.6 Å². The van der Waals surface area contributed by atoms with Gasteiger partial charge >= 0.3 is 0 Å². The van der Waals surface area contributed by atoms with E-state index in [1.807, 2.05) is 25.1 Å². The number of rotatable bonds is 5. The fourth-order valence-electron chi connectivity index (χ4n) is 1.23. The zero-order valence-electron chi connectivity index (χ0n) is 8.13. The van der Waals surface area contributed by atoms with Crippen molar-refractivity contribution in [3.8, 4) is 0 Å². The molecule has 0 saturated carbocycles. The second-order valence-electron chi connectivity index (χ2n) is 2.92. The lowest BCUT2D eigenvalue weighted by Gasteiger charge is -2.07. The summed E-state index contributed by atoms with van der Waals surface area (Å²) in [5.74, 6) is 0. The van der Waals surface area contributed by atoms with Gasteiger partial charge in [-0.15, -0.1) is 0 Å². The quantitative estimate of drug-likeness (QED) is 0.758. The largest absolute Gasteiger partial charge is 0.377 e. The fraction of sp³-hybridized carbons (Fsp3) is 0.364. The smallest absolute Gasteiger partial charge is 0.124 e. The first-order valence-electron chi connectivity index (χ1n) is 4.56. The first-order valence-corrected chi connectivity index (χ1v) is 5.36. The summed E-state index contributed by atoms with van der Waals surface area (Å²) >= 11 is 3.38. The molecule has 0 bridgehead atoms. The molecule has 1 rings (SSSR count). The Hall–Kier alpha value is -0.670. The maximum atomic E-state index is 10.5. The molecule has 0 amide bonds. The zero-order valence-corrected chi connectivity index (χ0v) is 9.71. The maximum Gasteiger partial charge on any atom is 0.124 e. The van der Waals surface area contributed by atoms with Gasteiger partial charge in [-0.05, 0) is 30.2 Å². The second-order valence-corrected chi connectivity index (χ2v) is 3.84. The highest BCUT2D eigenvalue weighted by Crippen LogP contribution is 2.17. The highest BCUT2D eigenvalue weighted by Gasteiger charge is 2.02. The summed E-state index contributed by atoms with van der Waals surface area (Å²) in [6.45, 7) is 3.22. The number of ether oxygens (including phenoxy) is 1. The molecule has 0 aliphatic rings. The number of benzene rings is 1. The number of carbonyl (C=O) groups is 1. The molecular formula is C11H13BrO2. The molecular weight excluding hydrogens is 244 g/mol. The highest BCUT2D eigenvalue weighted by molar-refractivity contribution is 9.10. The molecule has 0 spiro atoms. The maximum absolute atomic E-state index is 10.5. The molecule has 0 radical (unpaired) electrons. The van der Waals surface area contributed by atoms with Gasteiger partial charge in [0, 0.05) is 17.5 Å². The number of halogens is 1. The molecule has 3 heteroatoms. The van der Waals surface area contributed by atoms with Crippen LogP contribution in [-0.4, -0.2) is 12.9 Å². The Morgan fingerprint density at radius 1 is 1.43 bits per heavy atom. The monoisotopic (exact) mass is 256 g/mol. The van der Waals surface area contributed by atoms with Crippen LogP contribution in [-0.2, 0) is 22.6 Å². The van der Waals surface area contributed by atoms with Crippen molar-refractivity contribution < 1.29 is 9.53 Å². The minimum Gasteiger partial charge on any atom is -0.377 e. The van der Waals surface area contributed by atoms with Gasteiger partial charge in [-0.3, -0.25) is 0 Å². The standard InChI is InChI=1S/C11H13BrO2/c1-2-14-8-10-3-4-11(12)7-9(10)5-6-13/h3-4,6-7H,2,5,8H2,1H3. The lowest BCUT2D eigenvalue weighted by molar-refractivity contribution is -0.107.